The summed E-state index contributed by atoms with van der Waals surface area (Å²) in [4.78, 5) is 45.5. The van der Waals surface area contributed by atoms with E-state index in [2.05, 4.69) is 5.32 Å². The van der Waals surface area contributed by atoms with Crippen LogP contribution in [0.4, 0.5) is 5.00 Å². The maximum absolute atomic E-state index is 13.9. The molecular weight excluding hydrogens is 537 g/mol. The first-order chi connectivity index (χ1) is 18.5. The van der Waals surface area contributed by atoms with Crippen LogP contribution in [0.15, 0.2) is 76.0 Å². The van der Waals surface area contributed by atoms with Gasteiger partial charge in [-0.15, -0.1) is 22.7 Å². The summed E-state index contributed by atoms with van der Waals surface area (Å²) >= 11 is 4.01. The second-order valence-corrected chi connectivity index (χ2v) is 11.7. The highest BCUT2D eigenvalue weighted by atomic mass is 32.2. The molecule has 3 heterocycles. The monoisotopic (exact) mass is 558 g/mol. The Hall–Kier alpha value is -3.73. The van der Waals surface area contributed by atoms with Crippen molar-refractivity contribution in [1.29, 1.82) is 0 Å². The number of aryl methyl sites for hydroxylation is 1. The number of aromatic nitrogens is 2. The topological polar surface area (TPSA) is 107 Å². The number of rotatable bonds is 7. The van der Waals surface area contributed by atoms with Gasteiger partial charge in [0.25, 0.3) is 11.5 Å². The van der Waals surface area contributed by atoms with Gasteiger partial charge in [0.15, 0.2) is 5.16 Å². The van der Waals surface area contributed by atoms with E-state index in [-0.39, 0.29) is 17.2 Å². The van der Waals surface area contributed by atoms with E-state index >= 15 is 0 Å². The molecule has 0 unspecified atom stereocenters. The van der Waals surface area contributed by atoms with E-state index in [0.29, 0.717) is 31.6 Å². The SMILES string of the molecule is NC(=O)c1c(NC(=O)CSc2nc3scc(-c4ccccc4)c3c(=O)n2-c2ccccc2)sc2c1CCC2. The molecular formula is C28H22N4O3S3. The van der Waals surface area contributed by atoms with Gasteiger partial charge in [0, 0.05) is 15.8 Å². The van der Waals surface area contributed by atoms with Crippen molar-refractivity contribution >= 4 is 61.5 Å². The van der Waals surface area contributed by atoms with Gasteiger partial charge < -0.3 is 11.1 Å². The summed E-state index contributed by atoms with van der Waals surface area (Å²) in [5.74, 6) is -0.797. The van der Waals surface area contributed by atoms with Crippen molar-refractivity contribution < 1.29 is 9.59 Å². The first-order valence-corrected chi connectivity index (χ1v) is 14.7. The standard InChI is InChI=1S/C28H22N4O3S3/c29-24(34)22-18-12-7-13-20(18)38-26(22)30-21(33)15-37-28-31-25-23(19(14-36-25)16-8-3-1-4-9-16)27(35)32(28)17-10-5-2-6-11-17/h1-6,8-11,14H,7,12-13,15H2,(H2,29,34)(H,30,33). The third-order valence-corrected chi connectivity index (χ3v) is 9.45. The second-order valence-electron chi connectivity index (χ2n) is 8.83. The number of anilines is 1. The molecule has 0 radical (unpaired) electrons. The second kappa shape index (κ2) is 10.2. The first-order valence-electron chi connectivity index (χ1n) is 12.0. The largest absolute Gasteiger partial charge is 0.365 e. The minimum Gasteiger partial charge on any atom is -0.365 e. The van der Waals surface area contributed by atoms with Gasteiger partial charge in [-0.3, -0.25) is 19.0 Å². The lowest BCUT2D eigenvalue weighted by Crippen LogP contribution is -2.23. The molecule has 2 amide bonds. The van der Waals surface area contributed by atoms with Gasteiger partial charge in [-0.2, -0.15) is 0 Å². The van der Waals surface area contributed by atoms with Crippen molar-refractivity contribution in [2.45, 2.75) is 24.4 Å². The van der Waals surface area contributed by atoms with Gasteiger partial charge >= 0.3 is 0 Å². The average molecular weight is 559 g/mol. The molecule has 0 spiro atoms. The number of para-hydroxylation sites is 1. The quantitative estimate of drug-likeness (QED) is 0.203. The Morgan fingerprint density at radius 1 is 1.05 bits per heavy atom. The number of amides is 2. The van der Waals surface area contributed by atoms with Gasteiger partial charge in [-0.1, -0.05) is 60.3 Å². The van der Waals surface area contributed by atoms with Gasteiger partial charge in [0.05, 0.1) is 22.4 Å². The molecule has 0 aliphatic heterocycles. The number of fused-ring (bicyclic) bond motifs is 2. The van der Waals surface area contributed by atoms with Crippen LogP contribution < -0.4 is 16.6 Å². The number of nitrogens with two attached hydrogens (primary N) is 1. The van der Waals surface area contributed by atoms with Crippen molar-refractivity contribution in [2.24, 2.45) is 5.73 Å². The molecule has 190 valence electrons. The van der Waals surface area contributed by atoms with E-state index in [0.717, 1.165) is 40.8 Å². The van der Waals surface area contributed by atoms with E-state index in [1.807, 2.05) is 66.0 Å². The Kier molecular flexibility index (Phi) is 6.61. The molecule has 6 rings (SSSR count). The highest BCUT2D eigenvalue weighted by Crippen LogP contribution is 2.39. The Morgan fingerprint density at radius 2 is 1.79 bits per heavy atom. The van der Waals surface area contributed by atoms with Crippen LogP contribution in [0.1, 0.15) is 27.2 Å². The van der Waals surface area contributed by atoms with Crippen LogP contribution >= 0.6 is 34.4 Å². The number of thioether (sulfide) groups is 1. The molecule has 3 aromatic heterocycles. The summed E-state index contributed by atoms with van der Waals surface area (Å²) in [5, 5.41) is 6.31. The summed E-state index contributed by atoms with van der Waals surface area (Å²) in [6.45, 7) is 0. The fourth-order valence-corrected chi connectivity index (χ4v) is 7.86. The van der Waals surface area contributed by atoms with Crippen molar-refractivity contribution in [3.63, 3.8) is 0 Å². The van der Waals surface area contributed by atoms with E-state index in [1.54, 1.807) is 4.57 Å². The first kappa shape index (κ1) is 24.6. The fraction of sp³-hybridized carbons (Fsp3) is 0.143. The Labute approximate surface area is 230 Å². The predicted molar refractivity (Wildman–Crippen MR) is 155 cm³/mol. The number of carbonyl (C=O) groups excluding carboxylic acids is 2. The van der Waals surface area contributed by atoms with Gasteiger partial charge in [-0.25, -0.2) is 4.98 Å². The molecule has 0 saturated heterocycles. The number of nitrogens with zero attached hydrogens (tertiary/aromatic N) is 2. The van der Waals surface area contributed by atoms with Crippen LogP contribution in [0.2, 0.25) is 0 Å². The number of thiophene rings is 2. The highest BCUT2D eigenvalue weighted by molar-refractivity contribution is 7.99. The Morgan fingerprint density at radius 3 is 2.53 bits per heavy atom. The molecule has 3 N–H and O–H groups in total. The lowest BCUT2D eigenvalue weighted by atomic mass is 10.1. The van der Waals surface area contributed by atoms with E-state index in [1.165, 1.54) is 34.4 Å². The molecule has 1 aliphatic rings. The maximum Gasteiger partial charge on any atom is 0.268 e. The molecule has 1 aliphatic carbocycles. The lowest BCUT2D eigenvalue weighted by molar-refractivity contribution is -0.113. The summed E-state index contributed by atoms with van der Waals surface area (Å²) < 4.78 is 1.56. The summed E-state index contributed by atoms with van der Waals surface area (Å²) in [7, 11) is 0. The molecule has 2 aromatic carbocycles. The van der Waals surface area contributed by atoms with E-state index in [9.17, 15) is 14.4 Å². The zero-order chi connectivity index (χ0) is 26.2. The fourth-order valence-electron chi connectivity index (χ4n) is 4.75. The van der Waals surface area contributed by atoms with Crippen molar-refractivity contribution in [3.05, 3.63) is 92.4 Å². The molecule has 10 heteroatoms. The molecule has 0 fully saturated rings. The molecule has 0 saturated carbocycles. The summed E-state index contributed by atoms with van der Waals surface area (Å²) in [5.41, 5.74) is 9.30. The minimum atomic E-state index is -0.524. The molecule has 0 atom stereocenters. The van der Waals surface area contributed by atoms with Crippen molar-refractivity contribution in [3.8, 4) is 16.8 Å². The number of nitrogens with one attached hydrogen (secondary N) is 1. The van der Waals surface area contributed by atoms with Crippen LogP contribution in [0.3, 0.4) is 0 Å². The van der Waals surface area contributed by atoms with Gasteiger partial charge in [0.2, 0.25) is 5.91 Å². The molecule has 7 nitrogen and oxygen atoms in total. The number of benzene rings is 2. The van der Waals surface area contributed by atoms with Crippen LogP contribution in [0.25, 0.3) is 27.0 Å². The molecule has 38 heavy (non-hydrogen) atoms. The zero-order valence-electron chi connectivity index (χ0n) is 20.1. The van der Waals surface area contributed by atoms with Crippen LogP contribution in [0, 0.1) is 0 Å². The third-order valence-electron chi connectivity index (χ3n) is 6.43. The Balaban J connectivity index is 1.34. The van der Waals surface area contributed by atoms with Crippen LogP contribution in [-0.2, 0) is 17.6 Å². The maximum atomic E-state index is 13.9. The number of primary amides is 1. The number of hydrogen-bond acceptors (Lipinski definition) is 7. The zero-order valence-corrected chi connectivity index (χ0v) is 22.6. The minimum absolute atomic E-state index is 0.0163. The number of hydrogen-bond donors (Lipinski definition) is 2. The highest BCUT2D eigenvalue weighted by Gasteiger charge is 2.26. The number of carbonyl (C=O) groups is 2. The molecule has 0 bridgehead atoms. The molecule has 5 aromatic rings. The van der Waals surface area contributed by atoms with E-state index < -0.39 is 5.91 Å². The third kappa shape index (κ3) is 4.44. The van der Waals surface area contributed by atoms with Crippen molar-refractivity contribution in [2.75, 3.05) is 11.1 Å². The normalized spacial score (nSPS) is 12.5. The van der Waals surface area contributed by atoms with Gasteiger partial charge in [0.1, 0.15) is 9.83 Å². The van der Waals surface area contributed by atoms with Crippen LogP contribution in [-0.4, -0.2) is 27.1 Å². The summed E-state index contributed by atoms with van der Waals surface area (Å²) in [6, 6.07) is 19.1. The lowest BCUT2D eigenvalue weighted by Gasteiger charge is -2.13. The smallest absolute Gasteiger partial charge is 0.268 e. The predicted octanol–water partition coefficient (Wildman–Crippen LogP) is 5.49. The van der Waals surface area contributed by atoms with E-state index in [4.69, 9.17) is 10.7 Å². The Bertz CT molecular complexity index is 1740. The van der Waals surface area contributed by atoms with Gasteiger partial charge in [-0.05, 0) is 42.5 Å². The summed E-state index contributed by atoms with van der Waals surface area (Å²) in [6.07, 6.45) is 2.68. The van der Waals surface area contributed by atoms with Crippen molar-refractivity contribution in [1.82, 2.24) is 9.55 Å². The van der Waals surface area contributed by atoms with Crippen LogP contribution in [0.5, 0.6) is 0 Å². The average Bonchev–Trinajstić information content (AvgIpc) is 3.63.